The van der Waals surface area contributed by atoms with Gasteiger partial charge < -0.3 is 15.4 Å². The number of aromatic nitrogens is 1. The highest BCUT2D eigenvalue weighted by Gasteiger charge is 2.27. The van der Waals surface area contributed by atoms with Crippen LogP contribution in [-0.2, 0) is 21.4 Å². The minimum atomic E-state index is -4.00. The number of nitrogens with one attached hydrogen (secondary N) is 2. The maximum absolute atomic E-state index is 13.6. The highest BCUT2D eigenvalue weighted by Crippen LogP contribution is 2.32. The van der Waals surface area contributed by atoms with Gasteiger partial charge in [0.25, 0.3) is 0 Å². The van der Waals surface area contributed by atoms with Crippen molar-refractivity contribution in [3.63, 3.8) is 0 Å². The first-order valence-corrected chi connectivity index (χ1v) is 14.3. The molecule has 1 aromatic heterocycles. The molecule has 11 heteroatoms. The van der Waals surface area contributed by atoms with Crippen LogP contribution in [0, 0.1) is 6.92 Å². The zero-order valence-electron chi connectivity index (χ0n) is 21.1. The molecule has 1 amide bonds. The summed E-state index contributed by atoms with van der Waals surface area (Å²) >= 11 is 7.59. The smallest absolute Gasteiger partial charge is 0.243 e. The number of sulfonamides is 1. The second kappa shape index (κ2) is 12.0. The highest BCUT2D eigenvalue weighted by molar-refractivity contribution is 7.89. The quantitative estimate of drug-likeness (QED) is 0.255. The first kappa shape index (κ1) is 27.6. The summed E-state index contributed by atoms with van der Waals surface area (Å²) in [4.78, 5) is 17.9. The van der Waals surface area contributed by atoms with Crippen LogP contribution >= 0.6 is 22.9 Å². The van der Waals surface area contributed by atoms with Crippen LogP contribution in [0.1, 0.15) is 11.1 Å². The number of carbonyl (C=O) groups is 1. The minimum absolute atomic E-state index is 0.0347. The standard InChI is InChI=1S/C27H27ClN4O4S2/c1-18-7-10-22(11-8-18)38(34,35)32(15-19-5-4-6-21(28)13-19)16-26(33)30-23-14-20(9-12-25(23)36-3)24-17-37-27(29-2)31-24/h4-14,17H,15-16H2,1-3H3,(H,29,31)(H,30,33). The second-order valence-corrected chi connectivity index (χ2v) is 11.7. The van der Waals surface area contributed by atoms with E-state index in [1.54, 1.807) is 55.6 Å². The molecule has 8 nitrogen and oxygen atoms in total. The number of carbonyl (C=O) groups excluding carboxylic acids is 1. The van der Waals surface area contributed by atoms with Crippen LogP contribution in [-0.4, -0.2) is 44.3 Å². The number of thiazole rings is 1. The minimum Gasteiger partial charge on any atom is -0.495 e. The summed E-state index contributed by atoms with van der Waals surface area (Å²) in [5.41, 5.74) is 3.51. The second-order valence-electron chi connectivity index (χ2n) is 8.47. The predicted octanol–water partition coefficient (Wildman–Crippen LogP) is 5.65. The van der Waals surface area contributed by atoms with Crippen LogP contribution in [0.2, 0.25) is 5.02 Å². The summed E-state index contributed by atoms with van der Waals surface area (Å²) in [6, 6.07) is 18.7. The zero-order valence-corrected chi connectivity index (χ0v) is 23.5. The van der Waals surface area contributed by atoms with E-state index in [1.165, 1.54) is 30.6 Å². The van der Waals surface area contributed by atoms with E-state index in [4.69, 9.17) is 16.3 Å². The SMILES string of the molecule is CNc1nc(-c2ccc(OC)c(NC(=O)CN(Cc3cccc(Cl)c3)S(=O)(=O)c3ccc(C)cc3)c2)cs1. The fourth-order valence-electron chi connectivity index (χ4n) is 3.76. The van der Waals surface area contributed by atoms with Gasteiger partial charge in [-0.25, -0.2) is 13.4 Å². The van der Waals surface area contributed by atoms with E-state index in [1.807, 2.05) is 18.4 Å². The first-order chi connectivity index (χ1) is 18.2. The van der Waals surface area contributed by atoms with Crippen LogP contribution in [0.3, 0.4) is 0 Å². The maximum Gasteiger partial charge on any atom is 0.243 e. The Morgan fingerprint density at radius 3 is 2.53 bits per heavy atom. The molecular formula is C27H27ClN4O4S2. The molecule has 0 bridgehead atoms. The molecule has 1 heterocycles. The number of benzene rings is 3. The summed E-state index contributed by atoms with van der Waals surface area (Å²) in [5.74, 6) is -0.0821. The molecule has 2 N–H and O–H groups in total. The van der Waals surface area contributed by atoms with E-state index in [2.05, 4.69) is 15.6 Å². The number of methoxy groups -OCH3 is 1. The number of hydrogen-bond donors (Lipinski definition) is 2. The Kier molecular flexibility index (Phi) is 8.68. The van der Waals surface area contributed by atoms with Crippen molar-refractivity contribution in [3.05, 3.63) is 88.3 Å². The van der Waals surface area contributed by atoms with Crippen LogP contribution < -0.4 is 15.4 Å². The van der Waals surface area contributed by atoms with Gasteiger partial charge >= 0.3 is 0 Å². The van der Waals surface area contributed by atoms with Gasteiger partial charge in [0, 0.05) is 29.6 Å². The summed E-state index contributed by atoms with van der Waals surface area (Å²) in [7, 11) is -0.707. The Morgan fingerprint density at radius 1 is 1.11 bits per heavy atom. The molecule has 4 rings (SSSR count). The van der Waals surface area contributed by atoms with Gasteiger partial charge in [-0.3, -0.25) is 4.79 Å². The Labute approximate surface area is 231 Å². The number of nitrogens with zero attached hydrogens (tertiary/aromatic N) is 2. The lowest BCUT2D eigenvalue weighted by atomic mass is 10.1. The molecular weight excluding hydrogens is 544 g/mol. The normalized spacial score (nSPS) is 11.4. The summed E-state index contributed by atoms with van der Waals surface area (Å²) < 4.78 is 33.7. The lowest BCUT2D eigenvalue weighted by molar-refractivity contribution is -0.116. The number of halogens is 1. The Bertz CT molecular complexity index is 1540. The van der Waals surface area contributed by atoms with Crippen molar-refractivity contribution in [2.45, 2.75) is 18.4 Å². The average molecular weight is 571 g/mol. The number of ether oxygens (including phenoxy) is 1. The van der Waals surface area contributed by atoms with E-state index in [9.17, 15) is 13.2 Å². The van der Waals surface area contributed by atoms with Crippen molar-refractivity contribution in [2.24, 2.45) is 0 Å². The van der Waals surface area contributed by atoms with E-state index >= 15 is 0 Å². The number of rotatable bonds is 10. The van der Waals surface area contributed by atoms with Gasteiger partial charge in [-0.05, 0) is 55.0 Å². The number of anilines is 2. The van der Waals surface area contributed by atoms with Crippen LogP contribution in [0.15, 0.2) is 77.0 Å². The predicted molar refractivity (Wildman–Crippen MR) is 153 cm³/mol. The molecule has 0 unspecified atom stereocenters. The monoisotopic (exact) mass is 570 g/mol. The Balaban J connectivity index is 1.62. The van der Waals surface area contributed by atoms with Gasteiger partial charge in [-0.15, -0.1) is 11.3 Å². The van der Waals surface area contributed by atoms with Crippen molar-refractivity contribution >= 4 is 49.7 Å². The van der Waals surface area contributed by atoms with Gasteiger partial charge in [0.05, 0.1) is 29.9 Å². The van der Waals surface area contributed by atoms with E-state index in [-0.39, 0.29) is 11.4 Å². The molecule has 0 aliphatic heterocycles. The van der Waals surface area contributed by atoms with Crippen molar-refractivity contribution in [3.8, 4) is 17.0 Å². The van der Waals surface area contributed by atoms with Crippen LogP contribution in [0.4, 0.5) is 10.8 Å². The summed E-state index contributed by atoms with van der Waals surface area (Å²) in [6.45, 7) is 1.42. The van der Waals surface area contributed by atoms with Crippen LogP contribution in [0.5, 0.6) is 5.75 Å². The molecule has 0 atom stereocenters. The first-order valence-electron chi connectivity index (χ1n) is 11.6. The molecule has 38 heavy (non-hydrogen) atoms. The summed E-state index contributed by atoms with van der Waals surface area (Å²) in [5, 5.41) is 8.96. The van der Waals surface area contributed by atoms with E-state index < -0.39 is 22.5 Å². The fourth-order valence-corrected chi connectivity index (χ4v) is 6.04. The van der Waals surface area contributed by atoms with E-state index in [0.717, 1.165) is 26.3 Å². The molecule has 0 saturated carbocycles. The molecule has 3 aromatic carbocycles. The summed E-state index contributed by atoms with van der Waals surface area (Å²) in [6.07, 6.45) is 0. The number of amides is 1. The number of aryl methyl sites for hydroxylation is 1. The largest absolute Gasteiger partial charge is 0.495 e. The third-order valence-electron chi connectivity index (χ3n) is 5.71. The molecule has 198 valence electrons. The molecule has 0 fully saturated rings. The van der Waals surface area contributed by atoms with Crippen molar-refractivity contribution in [1.82, 2.24) is 9.29 Å². The number of hydrogen-bond acceptors (Lipinski definition) is 7. The van der Waals surface area contributed by atoms with Crippen molar-refractivity contribution < 1.29 is 17.9 Å². The van der Waals surface area contributed by atoms with Gasteiger partial charge in [0.1, 0.15) is 5.75 Å². The topological polar surface area (TPSA) is 101 Å². The van der Waals surface area contributed by atoms with Gasteiger partial charge in [-0.1, -0.05) is 41.4 Å². The highest BCUT2D eigenvalue weighted by atomic mass is 35.5. The Morgan fingerprint density at radius 2 is 1.87 bits per heavy atom. The average Bonchev–Trinajstić information content (AvgIpc) is 3.38. The fraction of sp³-hybridized carbons (Fsp3) is 0.185. The molecule has 0 radical (unpaired) electrons. The third-order valence-corrected chi connectivity index (χ3v) is 8.61. The molecule has 0 aliphatic rings. The van der Waals surface area contributed by atoms with Gasteiger partial charge in [-0.2, -0.15) is 4.31 Å². The Hall–Kier alpha value is -3.44. The third kappa shape index (κ3) is 6.51. The lowest BCUT2D eigenvalue weighted by Crippen LogP contribution is -2.37. The maximum atomic E-state index is 13.6. The molecule has 0 spiro atoms. The lowest BCUT2D eigenvalue weighted by Gasteiger charge is -2.22. The molecule has 4 aromatic rings. The van der Waals surface area contributed by atoms with Crippen molar-refractivity contribution in [2.75, 3.05) is 31.3 Å². The molecule has 0 aliphatic carbocycles. The zero-order chi connectivity index (χ0) is 27.3. The van der Waals surface area contributed by atoms with Gasteiger partial charge in [0.15, 0.2) is 5.13 Å². The molecule has 0 saturated heterocycles. The van der Waals surface area contributed by atoms with E-state index in [0.29, 0.717) is 22.0 Å². The van der Waals surface area contributed by atoms with Gasteiger partial charge in [0.2, 0.25) is 15.9 Å². The van der Waals surface area contributed by atoms with Crippen molar-refractivity contribution in [1.29, 1.82) is 0 Å². The van der Waals surface area contributed by atoms with Crippen LogP contribution in [0.25, 0.3) is 11.3 Å².